The van der Waals surface area contributed by atoms with Crippen LogP contribution in [0.3, 0.4) is 0 Å². The van der Waals surface area contributed by atoms with Gasteiger partial charge in [-0.1, -0.05) is 18.2 Å². The van der Waals surface area contributed by atoms with Gasteiger partial charge in [-0.2, -0.15) is 0 Å². The summed E-state index contributed by atoms with van der Waals surface area (Å²) < 4.78 is 50.2. The topological polar surface area (TPSA) is 92.1 Å². The van der Waals surface area contributed by atoms with Crippen molar-refractivity contribution in [2.45, 2.75) is 0 Å². The summed E-state index contributed by atoms with van der Waals surface area (Å²) in [6.07, 6.45) is 1.15. The Morgan fingerprint density at radius 3 is 2.22 bits per heavy atom. The van der Waals surface area contributed by atoms with Crippen LogP contribution in [0.4, 0.5) is 18.9 Å². The van der Waals surface area contributed by atoms with Crippen LogP contribution < -0.4 is 10.3 Å². The van der Waals surface area contributed by atoms with Gasteiger partial charge in [-0.25, -0.2) is 22.8 Å². The lowest BCUT2D eigenvalue weighted by Crippen LogP contribution is -2.46. The largest absolute Gasteiger partial charge is 0.477 e. The number of rotatable bonds is 5. The van der Waals surface area contributed by atoms with Gasteiger partial charge < -0.3 is 24.2 Å². The highest BCUT2D eigenvalue weighted by molar-refractivity contribution is 6.19. The highest BCUT2D eigenvalue weighted by atomic mass is 19.1. The third-order valence-electron chi connectivity index (χ3n) is 7.39. The van der Waals surface area contributed by atoms with Gasteiger partial charge in [0.2, 0.25) is 5.43 Å². The number of benzene rings is 3. The molecule has 0 spiro atoms. The summed E-state index contributed by atoms with van der Waals surface area (Å²) >= 11 is 0. The summed E-state index contributed by atoms with van der Waals surface area (Å²) in [4.78, 5) is 40.8. The lowest BCUT2D eigenvalue weighted by molar-refractivity contribution is -0.134. The first-order valence-corrected chi connectivity index (χ1v) is 12.8. The van der Waals surface area contributed by atoms with E-state index in [0.717, 1.165) is 12.3 Å². The van der Waals surface area contributed by atoms with Crippen molar-refractivity contribution in [3.05, 3.63) is 111 Å². The number of fused-ring (bicyclic) bond motifs is 1. The van der Waals surface area contributed by atoms with Crippen LogP contribution in [0.5, 0.6) is 0 Å². The van der Waals surface area contributed by atoms with Crippen molar-refractivity contribution in [1.82, 2.24) is 9.47 Å². The number of anilines is 1. The summed E-state index contributed by atoms with van der Waals surface area (Å²) in [6, 6.07) is 13.7. The molecule has 8 nitrogen and oxygen atoms in total. The minimum Gasteiger partial charge on any atom is -0.477 e. The Hall–Kier alpha value is -5.06. The maximum Gasteiger partial charge on any atom is 0.341 e. The fourth-order valence-corrected chi connectivity index (χ4v) is 5.34. The molecule has 0 atom stereocenters. The van der Waals surface area contributed by atoms with Crippen LogP contribution in [-0.4, -0.2) is 59.3 Å². The zero-order valence-electron chi connectivity index (χ0n) is 21.4. The Morgan fingerprint density at radius 2 is 1.54 bits per heavy atom. The number of cyclic esters (lactones) is 1. The van der Waals surface area contributed by atoms with Crippen LogP contribution in [0.15, 0.2) is 77.4 Å². The highest BCUT2D eigenvalue weighted by Crippen LogP contribution is 2.32. The molecule has 0 unspecified atom stereocenters. The normalized spacial score (nSPS) is 15.5. The zero-order chi connectivity index (χ0) is 28.8. The monoisotopic (exact) mass is 561 g/mol. The first-order chi connectivity index (χ1) is 19.7. The van der Waals surface area contributed by atoms with Crippen molar-refractivity contribution in [2.75, 3.05) is 37.7 Å². The van der Waals surface area contributed by atoms with E-state index in [1.165, 1.54) is 53.1 Å². The Kier molecular flexibility index (Phi) is 6.49. The molecule has 1 saturated heterocycles. The van der Waals surface area contributed by atoms with Crippen LogP contribution in [0.2, 0.25) is 0 Å². The number of carboxylic acids is 1. The Bertz CT molecular complexity index is 1810. The van der Waals surface area contributed by atoms with Crippen LogP contribution >= 0.6 is 0 Å². The van der Waals surface area contributed by atoms with Gasteiger partial charge in [0.1, 0.15) is 29.6 Å². The van der Waals surface area contributed by atoms with E-state index in [4.69, 9.17) is 4.74 Å². The predicted molar refractivity (Wildman–Crippen MR) is 144 cm³/mol. The Balaban J connectivity index is 1.36. The molecule has 0 saturated carbocycles. The van der Waals surface area contributed by atoms with Gasteiger partial charge in [-0.05, 0) is 42.5 Å². The van der Waals surface area contributed by atoms with Crippen LogP contribution in [-0.2, 0) is 9.53 Å². The number of carboxylic acid groups (broad SMARTS) is 1. The third-order valence-corrected chi connectivity index (χ3v) is 7.39. The van der Waals surface area contributed by atoms with Gasteiger partial charge >= 0.3 is 11.9 Å². The Morgan fingerprint density at radius 1 is 0.854 bits per heavy atom. The number of hydrogen-bond acceptors (Lipinski definition) is 6. The molecule has 6 rings (SSSR count). The number of aromatic carboxylic acids is 1. The van der Waals surface area contributed by atoms with Crippen molar-refractivity contribution in [3.8, 4) is 5.69 Å². The van der Waals surface area contributed by atoms with E-state index in [-0.39, 0.29) is 34.3 Å². The molecule has 4 aromatic rings. The minimum atomic E-state index is -1.47. The summed E-state index contributed by atoms with van der Waals surface area (Å²) in [5.74, 6) is -3.81. The lowest BCUT2D eigenvalue weighted by atomic mass is 10.0. The van der Waals surface area contributed by atoms with Crippen LogP contribution in [0.1, 0.15) is 15.9 Å². The van der Waals surface area contributed by atoms with Gasteiger partial charge in [-0.3, -0.25) is 4.79 Å². The number of aromatic nitrogens is 1. The fraction of sp³-hybridized carbons (Fsp3) is 0.167. The number of piperazine rings is 1. The highest BCUT2D eigenvalue weighted by Gasteiger charge is 2.33. The molecule has 0 radical (unpaired) electrons. The average molecular weight is 562 g/mol. The molecule has 3 aromatic carbocycles. The molecule has 2 aliphatic heterocycles. The smallest absolute Gasteiger partial charge is 0.341 e. The number of hydrogen-bond donors (Lipinski definition) is 1. The predicted octanol–water partition coefficient (Wildman–Crippen LogP) is 4.20. The zero-order valence-corrected chi connectivity index (χ0v) is 21.4. The third kappa shape index (κ3) is 4.58. The van der Waals surface area contributed by atoms with Gasteiger partial charge in [0.15, 0.2) is 0 Å². The van der Waals surface area contributed by atoms with E-state index in [9.17, 15) is 28.3 Å². The molecule has 2 aliphatic rings. The summed E-state index contributed by atoms with van der Waals surface area (Å²) in [5.41, 5.74) is 0.347. The molecule has 0 amide bonds. The van der Waals surface area contributed by atoms with Crippen molar-refractivity contribution in [2.24, 2.45) is 0 Å². The molecule has 1 fully saturated rings. The van der Waals surface area contributed by atoms with Crippen molar-refractivity contribution in [1.29, 1.82) is 0 Å². The SMILES string of the molecule is O=C1OCC(N2CCN(c3cc4c(cc3F)c(=O)c(C(=O)O)cn4-c3ccc(F)cc3)CC2)=C1c1ccccc1F. The van der Waals surface area contributed by atoms with E-state index in [1.54, 1.807) is 11.0 Å². The van der Waals surface area contributed by atoms with Gasteiger partial charge in [0.25, 0.3) is 0 Å². The standard InChI is InChI=1S/C30H22F3N3O5/c31-17-5-7-18(8-6-17)36-15-21(29(38)39)28(37)20-13-23(33)25(14-24(20)36)34-9-11-35(12-10-34)26-16-41-30(40)27(26)19-3-1-2-4-22(19)32/h1-8,13-15H,9-12,16H2,(H,38,39). The van der Waals surface area contributed by atoms with Gasteiger partial charge in [0, 0.05) is 49.0 Å². The molecular formula is C30H22F3N3O5. The molecule has 0 bridgehead atoms. The van der Waals surface area contributed by atoms with Gasteiger partial charge in [-0.15, -0.1) is 0 Å². The van der Waals surface area contributed by atoms with E-state index < -0.39 is 40.4 Å². The molecule has 41 heavy (non-hydrogen) atoms. The number of nitrogens with zero attached hydrogens (tertiary/aromatic N) is 3. The molecular weight excluding hydrogens is 539 g/mol. The Labute approximate surface area is 231 Å². The maximum atomic E-state index is 15.5. The van der Waals surface area contributed by atoms with Crippen molar-refractivity contribution >= 4 is 34.1 Å². The summed E-state index contributed by atoms with van der Waals surface area (Å²) in [7, 11) is 0. The number of esters is 1. The van der Waals surface area contributed by atoms with Crippen LogP contribution in [0, 0.1) is 17.5 Å². The number of halogens is 3. The van der Waals surface area contributed by atoms with Gasteiger partial charge in [0.05, 0.1) is 22.5 Å². The number of pyridine rings is 1. The first-order valence-electron chi connectivity index (χ1n) is 12.8. The number of carbonyl (C=O) groups is 2. The molecule has 0 aliphatic carbocycles. The van der Waals surface area contributed by atoms with E-state index in [1.807, 2.05) is 4.90 Å². The van der Waals surface area contributed by atoms with Crippen molar-refractivity contribution in [3.63, 3.8) is 0 Å². The average Bonchev–Trinajstić information content (AvgIpc) is 3.35. The van der Waals surface area contributed by atoms with Crippen molar-refractivity contribution < 1.29 is 32.6 Å². The molecule has 11 heteroatoms. The second-order valence-electron chi connectivity index (χ2n) is 9.70. The quantitative estimate of drug-likeness (QED) is 0.366. The maximum absolute atomic E-state index is 15.5. The second kappa shape index (κ2) is 10.2. The van der Waals surface area contributed by atoms with E-state index >= 15 is 4.39 Å². The second-order valence-corrected chi connectivity index (χ2v) is 9.70. The van der Waals surface area contributed by atoms with Crippen LogP contribution in [0.25, 0.3) is 22.2 Å². The lowest BCUT2D eigenvalue weighted by Gasteiger charge is -2.38. The summed E-state index contributed by atoms with van der Waals surface area (Å²) in [5, 5.41) is 9.44. The summed E-state index contributed by atoms with van der Waals surface area (Å²) in [6.45, 7) is 1.42. The fourth-order valence-electron chi connectivity index (χ4n) is 5.34. The molecule has 1 N–H and O–H groups in total. The first kappa shape index (κ1) is 26.2. The van der Waals surface area contributed by atoms with E-state index in [2.05, 4.69) is 0 Å². The minimum absolute atomic E-state index is 0.00267. The number of ether oxygens (including phenoxy) is 1. The molecule has 208 valence electrons. The molecule has 1 aromatic heterocycles. The molecule has 3 heterocycles. The number of carbonyl (C=O) groups excluding carboxylic acids is 1. The van der Waals surface area contributed by atoms with E-state index in [0.29, 0.717) is 37.6 Å².